The number of phenols is 4. The van der Waals surface area contributed by atoms with Gasteiger partial charge < -0.3 is 20.4 Å². The van der Waals surface area contributed by atoms with E-state index in [0.29, 0.717) is 33.8 Å². The maximum atomic E-state index is 12.7. The van der Waals surface area contributed by atoms with Gasteiger partial charge in [-0.05, 0) is 47.5 Å². The highest BCUT2D eigenvalue weighted by Crippen LogP contribution is 2.31. The predicted molar refractivity (Wildman–Crippen MR) is 97.8 cm³/mol. The Balaban J connectivity index is 1.89. The van der Waals surface area contributed by atoms with E-state index in [4.69, 9.17) is 0 Å². The molecule has 0 atom stereocenters. The minimum atomic E-state index is -0.236. The Morgan fingerprint density at radius 3 is 1.56 bits per heavy atom. The average molecular weight is 356 g/mol. The Kier molecular flexibility index (Phi) is 4.72. The second kappa shape index (κ2) is 6.94. The summed E-state index contributed by atoms with van der Waals surface area (Å²) in [5, 5.41) is 37.9. The third-order valence-corrected chi connectivity index (χ3v) is 4.81. The first-order valence-corrected chi connectivity index (χ1v) is 8.67. The Hall–Kier alpha value is -2.86. The third-order valence-electron chi connectivity index (χ3n) is 3.78. The zero-order chi connectivity index (χ0) is 18.0. The number of aromatic hydroxyl groups is 4. The van der Waals surface area contributed by atoms with E-state index in [-0.39, 0.29) is 28.8 Å². The fraction of sp³-hybridized carbons (Fsp3) is 0.105. The summed E-state index contributed by atoms with van der Waals surface area (Å²) in [6.45, 7) is 0. The monoisotopic (exact) mass is 356 g/mol. The molecule has 2 aromatic rings. The van der Waals surface area contributed by atoms with Gasteiger partial charge in [-0.25, -0.2) is 0 Å². The van der Waals surface area contributed by atoms with Crippen LogP contribution in [0.1, 0.15) is 11.1 Å². The summed E-state index contributed by atoms with van der Waals surface area (Å²) in [7, 11) is 0. The molecule has 5 nitrogen and oxygen atoms in total. The first-order valence-electron chi connectivity index (χ1n) is 7.51. The molecule has 6 heteroatoms. The molecule has 0 bridgehead atoms. The van der Waals surface area contributed by atoms with E-state index >= 15 is 0 Å². The van der Waals surface area contributed by atoms with E-state index in [1.807, 2.05) is 0 Å². The maximum absolute atomic E-state index is 12.7. The van der Waals surface area contributed by atoms with E-state index in [9.17, 15) is 25.2 Å². The van der Waals surface area contributed by atoms with Crippen molar-refractivity contribution >= 4 is 29.7 Å². The normalized spacial score (nSPS) is 18.0. The van der Waals surface area contributed by atoms with Crippen LogP contribution in [0.25, 0.3) is 12.2 Å². The van der Waals surface area contributed by atoms with Gasteiger partial charge in [-0.1, -0.05) is 12.1 Å². The van der Waals surface area contributed by atoms with Crippen LogP contribution >= 0.6 is 11.8 Å². The average Bonchev–Trinajstić information content (AvgIpc) is 2.58. The maximum Gasteiger partial charge on any atom is 0.186 e. The third kappa shape index (κ3) is 3.80. The molecule has 128 valence electrons. The molecule has 25 heavy (non-hydrogen) atoms. The largest absolute Gasteiger partial charge is 0.504 e. The summed E-state index contributed by atoms with van der Waals surface area (Å²) < 4.78 is 0. The van der Waals surface area contributed by atoms with Crippen LogP contribution in [0.2, 0.25) is 0 Å². The van der Waals surface area contributed by atoms with Gasteiger partial charge in [0.1, 0.15) is 0 Å². The summed E-state index contributed by atoms with van der Waals surface area (Å²) in [6, 6.07) is 8.79. The molecule has 1 aliphatic rings. The molecule has 3 rings (SSSR count). The van der Waals surface area contributed by atoms with Crippen molar-refractivity contribution in [3.05, 3.63) is 58.7 Å². The number of carbonyl (C=O) groups excluding carboxylic acids is 1. The van der Waals surface area contributed by atoms with Crippen molar-refractivity contribution in [2.45, 2.75) is 0 Å². The first-order chi connectivity index (χ1) is 11.9. The SMILES string of the molecule is O=C1/C(=C/c2ccc(O)c(O)c2)CSC/C1=C/c1ccc(O)c(O)c1. The molecule has 2 aromatic carbocycles. The minimum Gasteiger partial charge on any atom is -0.504 e. The van der Waals surface area contributed by atoms with Crippen LogP contribution in [0.5, 0.6) is 23.0 Å². The first kappa shape index (κ1) is 17.0. The fourth-order valence-corrected chi connectivity index (χ4v) is 3.46. The van der Waals surface area contributed by atoms with Crippen LogP contribution in [0.3, 0.4) is 0 Å². The van der Waals surface area contributed by atoms with Crippen molar-refractivity contribution in [2.24, 2.45) is 0 Å². The van der Waals surface area contributed by atoms with Gasteiger partial charge in [0, 0.05) is 22.7 Å². The molecule has 0 amide bonds. The number of hydrogen-bond acceptors (Lipinski definition) is 6. The van der Waals surface area contributed by atoms with Gasteiger partial charge in [0.2, 0.25) is 0 Å². The molecule has 0 aromatic heterocycles. The Bertz CT molecular complexity index is 827. The lowest BCUT2D eigenvalue weighted by molar-refractivity contribution is -0.112. The summed E-state index contributed by atoms with van der Waals surface area (Å²) in [6.07, 6.45) is 3.38. The van der Waals surface area contributed by atoms with Gasteiger partial charge in [0.05, 0.1) is 0 Å². The number of rotatable bonds is 2. The van der Waals surface area contributed by atoms with Gasteiger partial charge in [-0.15, -0.1) is 0 Å². The van der Waals surface area contributed by atoms with Gasteiger partial charge in [0.15, 0.2) is 28.8 Å². The summed E-state index contributed by atoms with van der Waals surface area (Å²) in [5.41, 5.74) is 2.44. The second-order valence-electron chi connectivity index (χ2n) is 5.66. The summed E-state index contributed by atoms with van der Waals surface area (Å²) in [4.78, 5) is 12.7. The van der Waals surface area contributed by atoms with Gasteiger partial charge in [-0.2, -0.15) is 11.8 Å². The second-order valence-corrected chi connectivity index (χ2v) is 6.64. The number of phenolic OH excluding ortho intramolecular Hbond substituents is 4. The van der Waals surface area contributed by atoms with Crippen LogP contribution in [0, 0.1) is 0 Å². The molecule has 1 saturated heterocycles. The lowest BCUT2D eigenvalue weighted by Crippen LogP contribution is -2.16. The fourth-order valence-electron chi connectivity index (χ4n) is 2.49. The van der Waals surface area contributed by atoms with E-state index in [1.54, 1.807) is 36.0 Å². The van der Waals surface area contributed by atoms with E-state index in [0.717, 1.165) is 0 Å². The van der Waals surface area contributed by atoms with E-state index in [2.05, 4.69) is 0 Å². The molecule has 0 aliphatic carbocycles. The predicted octanol–water partition coefficient (Wildman–Crippen LogP) is 3.29. The number of Topliss-reactive ketones (excluding diaryl/α,β-unsaturated/α-hetero) is 1. The van der Waals surface area contributed by atoms with Gasteiger partial charge in [0.25, 0.3) is 0 Å². The quantitative estimate of drug-likeness (QED) is 0.487. The topological polar surface area (TPSA) is 98.0 Å². The smallest absolute Gasteiger partial charge is 0.186 e. The molecular formula is C19H16O5S. The van der Waals surface area contributed by atoms with E-state index < -0.39 is 0 Å². The molecule has 0 saturated carbocycles. The highest BCUT2D eigenvalue weighted by molar-refractivity contribution is 7.99. The zero-order valence-corrected chi connectivity index (χ0v) is 14.0. The Morgan fingerprint density at radius 1 is 0.720 bits per heavy atom. The lowest BCUT2D eigenvalue weighted by atomic mass is 10.0. The molecule has 0 unspecified atom stereocenters. The van der Waals surface area contributed by atoms with Crippen molar-refractivity contribution in [2.75, 3.05) is 11.5 Å². The van der Waals surface area contributed by atoms with Crippen LogP contribution in [-0.2, 0) is 4.79 Å². The Labute approximate surface area is 148 Å². The minimum absolute atomic E-state index is 0.0983. The number of benzene rings is 2. The van der Waals surface area contributed by atoms with Crippen LogP contribution in [0.4, 0.5) is 0 Å². The summed E-state index contributed by atoms with van der Waals surface area (Å²) >= 11 is 1.59. The van der Waals surface area contributed by atoms with Crippen molar-refractivity contribution < 1.29 is 25.2 Å². The van der Waals surface area contributed by atoms with E-state index in [1.165, 1.54) is 24.3 Å². The van der Waals surface area contributed by atoms with Crippen LogP contribution < -0.4 is 0 Å². The van der Waals surface area contributed by atoms with Crippen LogP contribution in [-0.4, -0.2) is 37.7 Å². The van der Waals surface area contributed by atoms with Gasteiger partial charge >= 0.3 is 0 Å². The van der Waals surface area contributed by atoms with Crippen molar-refractivity contribution in [3.8, 4) is 23.0 Å². The number of carbonyl (C=O) groups is 1. The highest BCUT2D eigenvalue weighted by Gasteiger charge is 2.21. The Morgan fingerprint density at radius 2 is 1.16 bits per heavy atom. The van der Waals surface area contributed by atoms with Crippen molar-refractivity contribution in [1.82, 2.24) is 0 Å². The molecular weight excluding hydrogens is 340 g/mol. The highest BCUT2D eigenvalue weighted by atomic mass is 32.2. The molecule has 1 heterocycles. The zero-order valence-electron chi connectivity index (χ0n) is 13.1. The number of thioether (sulfide) groups is 1. The number of hydrogen-bond donors (Lipinski definition) is 4. The van der Waals surface area contributed by atoms with Gasteiger partial charge in [-0.3, -0.25) is 4.79 Å². The molecule has 4 N–H and O–H groups in total. The van der Waals surface area contributed by atoms with Crippen LogP contribution in [0.15, 0.2) is 47.5 Å². The number of ketones is 1. The molecule has 1 aliphatic heterocycles. The molecule has 0 radical (unpaired) electrons. The molecule has 1 fully saturated rings. The van der Waals surface area contributed by atoms with Crippen molar-refractivity contribution in [1.29, 1.82) is 0 Å². The standard InChI is InChI=1S/C19H16O5S/c20-15-3-1-11(7-17(15)22)5-13-9-25-10-14(19(13)24)6-12-2-4-16(21)18(23)8-12/h1-8,20-23H,9-10H2/b13-5-,14-6+. The summed E-state index contributed by atoms with van der Waals surface area (Å²) in [5.74, 6) is 0.121. The van der Waals surface area contributed by atoms with Crippen molar-refractivity contribution in [3.63, 3.8) is 0 Å². The lowest BCUT2D eigenvalue weighted by Gasteiger charge is -2.16. The molecule has 0 spiro atoms.